The van der Waals surface area contributed by atoms with Gasteiger partial charge in [0.25, 0.3) is 0 Å². The molecule has 1 aliphatic heterocycles. The Kier molecular flexibility index (Phi) is 5.95. The SMILES string of the molecule is Cc1ccc(OCC2=CCN(C(=O)OC(C)(C)C)CC2)c(I)c1. The number of halogens is 1. The Morgan fingerprint density at radius 3 is 2.65 bits per heavy atom. The number of hydrogen-bond acceptors (Lipinski definition) is 3. The van der Waals surface area contributed by atoms with Crippen molar-refractivity contribution in [3.63, 3.8) is 0 Å². The summed E-state index contributed by atoms with van der Waals surface area (Å²) in [5, 5.41) is 0. The van der Waals surface area contributed by atoms with Crippen LogP contribution in [0, 0.1) is 10.5 Å². The van der Waals surface area contributed by atoms with Gasteiger partial charge in [0.15, 0.2) is 0 Å². The third kappa shape index (κ3) is 5.71. The highest BCUT2D eigenvalue weighted by molar-refractivity contribution is 14.1. The van der Waals surface area contributed by atoms with Crippen LogP contribution >= 0.6 is 22.6 Å². The summed E-state index contributed by atoms with van der Waals surface area (Å²) in [6.45, 7) is 9.54. The molecule has 0 fully saturated rings. The van der Waals surface area contributed by atoms with E-state index >= 15 is 0 Å². The summed E-state index contributed by atoms with van der Waals surface area (Å²) >= 11 is 2.29. The number of carbonyl (C=O) groups excluding carboxylic acids is 1. The van der Waals surface area contributed by atoms with Gasteiger partial charge < -0.3 is 14.4 Å². The predicted molar refractivity (Wildman–Crippen MR) is 99.9 cm³/mol. The number of aryl methyl sites for hydroxylation is 1. The van der Waals surface area contributed by atoms with Crippen molar-refractivity contribution in [3.05, 3.63) is 39.0 Å². The maximum Gasteiger partial charge on any atom is 0.410 e. The van der Waals surface area contributed by atoms with Crippen LogP contribution in [0.5, 0.6) is 5.75 Å². The molecule has 0 aromatic heterocycles. The molecular formula is C18H24INO3. The molecule has 0 spiro atoms. The minimum atomic E-state index is -0.452. The Hall–Kier alpha value is -1.24. The van der Waals surface area contributed by atoms with Crippen molar-refractivity contribution < 1.29 is 14.3 Å². The fraction of sp³-hybridized carbons (Fsp3) is 0.500. The highest BCUT2D eigenvalue weighted by atomic mass is 127. The lowest BCUT2D eigenvalue weighted by Gasteiger charge is -2.29. The molecule has 1 aliphatic rings. The normalized spacial score (nSPS) is 15.2. The minimum absolute atomic E-state index is 0.248. The summed E-state index contributed by atoms with van der Waals surface area (Å²) in [7, 11) is 0. The van der Waals surface area contributed by atoms with Crippen LogP contribution in [0.1, 0.15) is 32.8 Å². The molecule has 23 heavy (non-hydrogen) atoms. The van der Waals surface area contributed by atoms with Crippen molar-refractivity contribution in [1.82, 2.24) is 4.90 Å². The highest BCUT2D eigenvalue weighted by Crippen LogP contribution is 2.23. The summed E-state index contributed by atoms with van der Waals surface area (Å²) < 4.78 is 12.4. The number of hydrogen-bond donors (Lipinski definition) is 0. The topological polar surface area (TPSA) is 38.8 Å². The molecule has 0 radical (unpaired) electrons. The van der Waals surface area contributed by atoms with Crippen LogP contribution in [0.3, 0.4) is 0 Å². The molecule has 0 atom stereocenters. The Balaban J connectivity index is 1.86. The predicted octanol–water partition coefficient (Wildman–Crippen LogP) is 4.55. The van der Waals surface area contributed by atoms with Crippen LogP contribution in [0.4, 0.5) is 4.79 Å². The zero-order valence-electron chi connectivity index (χ0n) is 14.2. The smallest absolute Gasteiger partial charge is 0.410 e. The summed E-state index contributed by atoms with van der Waals surface area (Å²) in [5.74, 6) is 0.909. The van der Waals surface area contributed by atoms with Crippen molar-refractivity contribution >= 4 is 28.7 Å². The van der Waals surface area contributed by atoms with Gasteiger partial charge >= 0.3 is 6.09 Å². The average Bonchev–Trinajstić information content (AvgIpc) is 2.45. The Morgan fingerprint density at radius 1 is 1.35 bits per heavy atom. The van der Waals surface area contributed by atoms with Gasteiger partial charge in [-0.05, 0) is 80.0 Å². The minimum Gasteiger partial charge on any atom is -0.488 e. The third-order valence-electron chi connectivity index (χ3n) is 3.46. The molecule has 126 valence electrons. The van der Waals surface area contributed by atoms with Gasteiger partial charge in [-0.1, -0.05) is 12.1 Å². The molecule has 0 bridgehead atoms. The van der Waals surface area contributed by atoms with Gasteiger partial charge in [-0.15, -0.1) is 0 Å². The van der Waals surface area contributed by atoms with Gasteiger partial charge in [-0.3, -0.25) is 0 Å². The van der Waals surface area contributed by atoms with Crippen LogP contribution < -0.4 is 4.74 Å². The van der Waals surface area contributed by atoms with Crippen LogP contribution in [-0.4, -0.2) is 36.3 Å². The van der Waals surface area contributed by atoms with E-state index in [4.69, 9.17) is 9.47 Å². The molecule has 0 saturated carbocycles. The van der Waals surface area contributed by atoms with E-state index in [1.54, 1.807) is 4.90 Å². The maximum absolute atomic E-state index is 12.0. The van der Waals surface area contributed by atoms with Crippen LogP contribution in [0.25, 0.3) is 0 Å². The molecule has 0 aliphatic carbocycles. The number of benzene rings is 1. The van der Waals surface area contributed by atoms with E-state index < -0.39 is 5.60 Å². The Labute approximate surface area is 152 Å². The van der Waals surface area contributed by atoms with Crippen LogP contribution in [0.2, 0.25) is 0 Å². The van der Waals surface area contributed by atoms with E-state index in [-0.39, 0.29) is 6.09 Å². The standard InChI is InChI=1S/C18H24INO3/c1-13-5-6-16(15(19)11-13)22-12-14-7-9-20(10-8-14)17(21)23-18(2,3)4/h5-7,11H,8-10,12H2,1-4H3. The number of rotatable bonds is 3. The average molecular weight is 429 g/mol. The number of ether oxygens (including phenoxy) is 2. The molecule has 1 aromatic carbocycles. The first-order chi connectivity index (χ1) is 10.7. The summed E-state index contributed by atoms with van der Waals surface area (Å²) in [5.41, 5.74) is 2.00. The molecule has 0 unspecified atom stereocenters. The van der Waals surface area contributed by atoms with E-state index in [9.17, 15) is 4.79 Å². The van der Waals surface area contributed by atoms with E-state index in [1.807, 2.05) is 26.8 Å². The van der Waals surface area contributed by atoms with Gasteiger partial charge in [0, 0.05) is 13.1 Å². The van der Waals surface area contributed by atoms with E-state index in [0.717, 1.165) is 15.7 Å². The second-order valence-electron chi connectivity index (χ2n) is 6.76. The van der Waals surface area contributed by atoms with E-state index in [0.29, 0.717) is 19.7 Å². The first-order valence-electron chi connectivity index (χ1n) is 7.79. The van der Waals surface area contributed by atoms with Crippen LogP contribution in [0.15, 0.2) is 29.8 Å². The first kappa shape index (κ1) is 18.1. The summed E-state index contributed by atoms with van der Waals surface area (Å²) in [6, 6.07) is 6.17. The Bertz CT molecular complexity index is 605. The first-order valence-corrected chi connectivity index (χ1v) is 8.87. The quantitative estimate of drug-likeness (QED) is 0.523. The van der Waals surface area contributed by atoms with Crippen molar-refractivity contribution in [2.45, 2.75) is 39.7 Å². The van der Waals surface area contributed by atoms with Gasteiger partial charge in [-0.2, -0.15) is 0 Å². The van der Waals surface area contributed by atoms with Crippen molar-refractivity contribution in [1.29, 1.82) is 0 Å². The fourth-order valence-corrected chi connectivity index (χ4v) is 3.05. The number of nitrogens with zero attached hydrogens (tertiary/aromatic N) is 1. The molecule has 1 amide bonds. The highest BCUT2D eigenvalue weighted by Gasteiger charge is 2.23. The second kappa shape index (κ2) is 7.55. The molecule has 0 N–H and O–H groups in total. The van der Waals surface area contributed by atoms with Crippen molar-refractivity contribution in [2.75, 3.05) is 19.7 Å². The molecule has 1 heterocycles. The molecule has 0 saturated heterocycles. The Morgan fingerprint density at radius 2 is 2.09 bits per heavy atom. The zero-order valence-corrected chi connectivity index (χ0v) is 16.3. The van der Waals surface area contributed by atoms with Gasteiger partial charge in [-0.25, -0.2) is 4.79 Å². The van der Waals surface area contributed by atoms with Gasteiger partial charge in [0.2, 0.25) is 0 Å². The lowest BCUT2D eigenvalue weighted by atomic mass is 10.1. The number of carbonyl (C=O) groups is 1. The molecule has 5 heteroatoms. The van der Waals surface area contributed by atoms with Crippen molar-refractivity contribution in [2.24, 2.45) is 0 Å². The molecule has 2 rings (SSSR count). The van der Waals surface area contributed by atoms with E-state index in [1.165, 1.54) is 11.1 Å². The lowest BCUT2D eigenvalue weighted by molar-refractivity contribution is 0.0264. The molecular weight excluding hydrogens is 405 g/mol. The van der Waals surface area contributed by atoms with Gasteiger partial charge in [0.05, 0.1) is 3.57 Å². The van der Waals surface area contributed by atoms with E-state index in [2.05, 4.69) is 47.7 Å². The van der Waals surface area contributed by atoms with Crippen LogP contribution in [-0.2, 0) is 4.74 Å². The molecule has 1 aromatic rings. The maximum atomic E-state index is 12.0. The summed E-state index contributed by atoms with van der Waals surface area (Å²) in [6.07, 6.45) is 2.64. The second-order valence-corrected chi connectivity index (χ2v) is 7.92. The van der Waals surface area contributed by atoms with Crippen molar-refractivity contribution in [3.8, 4) is 5.75 Å². The third-order valence-corrected chi connectivity index (χ3v) is 4.30. The zero-order chi connectivity index (χ0) is 17.0. The number of amides is 1. The monoisotopic (exact) mass is 429 g/mol. The largest absolute Gasteiger partial charge is 0.488 e. The molecule has 4 nitrogen and oxygen atoms in total. The summed E-state index contributed by atoms with van der Waals surface area (Å²) in [4.78, 5) is 13.7. The van der Waals surface area contributed by atoms with Gasteiger partial charge in [0.1, 0.15) is 18.0 Å². The fourth-order valence-electron chi connectivity index (χ4n) is 2.23. The lowest BCUT2D eigenvalue weighted by Crippen LogP contribution is -2.39.